The molecule has 98 valence electrons. The fourth-order valence-electron chi connectivity index (χ4n) is 2.38. The minimum Gasteiger partial charge on any atom is -0.481 e. The Labute approximate surface area is 114 Å². The molecule has 0 bridgehead atoms. The Morgan fingerprint density at radius 1 is 1.56 bits per heavy atom. The first-order valence-electron chi connectivity index (χ1n) is 5.92. The highest BCUT2D eigenvalue weighted by Crippen LogP contribution is 2.25. The van der Waals surface area contributed by atoms with Crippen molar-refractivity contribution < 1.29 is 14.3 Å². The van der Waals surface area contributed by atoms with Crippen LogP contribution in [0.4, 0.5) is 4.39 Å². The van der Waals surface area contributed by atoms with Crippen molar-refractivity contribution in [2.75, 3.05) is 13.1 Å². The first-order chi connectivity index (χ1) is 8.54. The topological polar surface area (TPSA) is 40.5 Å². The van der Waals surface area contributed by atoms with Crippen molar-refractivity contribution in [3.05, 3.63) is 34.1 Å². The maximum Gasteiger partial charge on any atom is 0.303 e. The molecule has 1 aliphatic heterocycles. The molecule has 5 heteroatoms. The normalized spacial score (nSPS) is 20.2. The minimum absolute atomic E-state index is 0.217. The standard InChI is InChI=1S/C13H15BrFNO2/c14-12-2-1-11(15)6-10(12)8-16-4-3-9(7-16)5-13(17)18/h1-2,6,9H,3-5,7-8H2,(H,17,18). The van der Waals surface area contributed by atoms with E-state index in [9.17, 15) is 9.18 Å². The lowest BCUT2D eigenvalue weighted by Crippen LogP contribution is -2.21. The molecule has 1 aliphatic rings. The molecule has 1 atom stereocenters. The molecule has 1 saturated heterocycles. The van der Waals surface area contributed by atoms with Gasteiger partial charge in [-0.2, -0.15) is 0 Å². The van der Waals surface area contributed by atoms with Crippen molar-refractivity contribution in [2.45, 2.75) is 19.4 Å². The Bertz CT molecular complexity index is 453. The monoisotopic (exact) mass is 315 g/mol. The lowest BCUT2D eigenvalue weighted by Gasteiger charge is -2.16. The van der Waals surface area contributed by atoms with Crippen LogP contribution in [0.1, 0.15) is 18.4 Å². The molecule has 0 aliphatic carbocycles. The first-order valence-corrected chi connectivity index (χ1v) is 6.72. The molecule has 0 saturated carbocycles. The van der Waals surface area contributed by atoms with E-state index >= 15 is 0 Å². The maximum absolute atomic E-state index is 13.2. The van der Waals surface area contributed by atoms with Crippen LogP contribution in [-0.4, -0.2) is 29.1 Å². The molecule has 0 amide bonds. The van der Waals surface area contributed by atoms with Crippen LogP contribution < -0.4 is 0 Å². The van der Waals surface area contributed by atoms with E-state index in [1.807, 2.05) is 0 Å². The van der Waals surface area contributed by atoms with Crippen LogP contribution in [0, 0.1) is 11.7 Å². The summed E-state index contributed by atoms with van der Waals surface area (Å²) >= 11 is 3.41. The summed E-state index contributed by atoms with van der Waals surface area (Å²) in [6, 6.07) is 4.65. The average Bonchev–Trinajstić information content (AvgIpc) is 2.70. The van der Waals surface area contributed by atoms with Crippen LogP contribution in [-0.2, 0) is 11.3 Å². The van der Waals surface area contributed by atoms with E-state index in [2.05, 4.69) is 20.8 Å². The summed E-state index contributed by atoms with van der Waals surface area (Å²) in [5, 5.41) is 8.75. The number of carboxylic acids is 1. The molecule has 18 heavy (non-hydrogen) atoms. The van der Waals surface area contributed by atoms with E-state index in [0.29, 0.717) is 6.54 Å². The summed E-state index contributed by atoms with van der Waals surface area (Å²) in [4.78, 5) is 12.8. The quantitative estimate of drug-likeness (QED) is 0.928. The Balaban J connectivity index is 1.95. The number of nitrogens with zero attached hydrogens (tertiary/aromatic N) is 1. The summed E-state index contributed by atoms with van der Waals surface area (Å²) in [5.41, 5.74) is 0.908. The third-order valence-electron chi connectivity index (χ3n) is 3.23. The highest BCUT2D eigenvalue weighted by atomic mass is 79.9. The number of carbonyl (C=O) groups is 1. The van der Waals surface area contributed by atoms with E-state index in [0.717, 1.165) is 29.5 Å². The van der Waals surface area contributed by atoms with Gasteiger partial charge < -0.3 is 5.11 Å². The van der Waals surface area contributed by atoms with Crippen molar-refractivity contribution >= 4 is 21.9 Å². The van der Waals surface area contributed by atoms with E-state index < -0.39 is 5.97 Å². The third-order valence-corrected chi connectivity index (χ3v) is 4.01. The van der Waals surface area contributed by atoms with Crippen molar-refractivity contribution in [1.82, 2.24) is 4.90 Å². The van der Waals surface area contributed by atoms with Gasteiger partial charge in [-0.3, -0.25) is 9.69 Å². The zero-order valence-electron chi connectivity index (χ0n) is 9.90. The fraction of sp³-hybridized carbons (Fsp3) is 0.462. The Hall–Kier alpha value is -0.940. The van der Waals surface area contributed by atoms with E-state index in [4.69, 9.17) is 5.11 Å². The second kappa shape index (κ2) is 5.80. The molecule has 0 aromatic heterocycles. The van der Waals surface area contributed by atoms with Gasteiger partial charge in [-0.15, -0.1) is 0 Å². The maximum atomic E-state index is 13.2. The van der Waals surface area contributed by atoms with Gasteiger partial charge in [-0.25, -0.2) is 4.39 Å². The van der Waals surface area contributed by atoms with Gasteiger partial charge >= 0.3 is 5.97 Å². The summed E-state index contributed by atoms with van der Waals surface area (Å²) in [6.45, 7) is 2.31. The molecular formula is C13H15BrFNO2. The van der Waals surface area contributed by atoms with Gasteiger partial charge in [0, 0.05) is 24.0 Å². The van der Waals surface area contributed by atoms with E-state index in [-0.39, 0.29) is 18.2 Å². The van der Waals surface area contributed by atoms with Gasteiger partial charge in [0.1, 0.15) is 5.82 Å². The zero-order chi connectivity index (χ0) is 13.1. The number of rotatable bonds is 4. The number of hydrogen-bond acceptors (Lipinski definition) is 2. The van der Waals surface area contributed by atoms with Crippen molar-refractivity contribution in [1.29, 1.82) is 0 Å². The van der Waals surface area contributed by atoms with Crippen LogP contribution in [0.2, 0.25) is 0 Å². The molecule has 2 rings (SSSR count). The Morgan fingerprint density at radius 2 is 2.33 bits per heavy atom. The summed E-state index contributed by atoms with van der Waals surface area (Å²) < 4.78 is 14.0. The van der Waals surface area contributed by atoms with Crippen molar-refractivity contribution in [2.24, 2.45) is 5.92 Å². The fourth-order valence-corrected chi connectivity index (χ4v) is 2.75. The molecule has 1 unspecified atom stereocenters. The Morgan fingerprint density at radius 3 is 3.06 bits per heavy atom. The largest absolute Gasteiger partial charge is 0.481 e. The number of hydrogen-bond donors (Lipinski definition) is 1. The smallest absolute Gasteiger partial charge is 0.303 e. The minimum atomic E-state index is -0.742. The molecule has 1 fully saturated rings. The summed E-state index contributed by atoms with van der Waals surface area (Å²) in [7, 11) is 0. The summed E-state index contributed by atoms with van der Waals surface area (Å²) in [6.07, 6.45) is 1.13. The third kappa shape index (κ3) is 3.53. The zero-order valence-corrected chi connectivity index (χ0v) is 11.5. The van der Waals surface area contributed by atoms with Crippen molar-refractivity contribution in [3.8, 4) is 0 Å². The predicted molar refractivity (Wildman–Crippen MR) is 69.7 cm³/mol. The van der Waals surface area contributed by atoms with Crippen LogP contribution in [0.15, 0.2) is 22.7 Å². The highest BCUT2D eigenvalue weighted by Gasteiger charge is 2.24. The highest BCUT2D eigenvalue weighted by molar-refractivity contribution is 9.10. The Kier molecular flexibility index (Phi) is 4.35. The first kappa shape index (κ1) is 13.5. The van der Waals surface area contributed by atoms with Crippen LogP contribution in [0.3, 0.4) is 0 Å². The van der Waals surface area contributed by atoms with Gasteiger partial charge in [-0.1, -0.05) is 15.9 Å². The molecule has 0 spiro atoms. The number of aliphatic carboxylic acids is 1. The van der Waals surface area contributed by atoms with Crippen LogP contribution in [0.5, 0.6) is 0 Å². The molecular weight excluding hydrogens is 301 g/mol. The number of benzene rings is 1. The molecule has 1 N–H and O–H groups in total. The average molecular weight is 316 g/mol. The van der Waals surface area contributed by atoms with Gasteiger partial charge in [-0.05, 0) is 42.6 Å². The number of likely N-dealkylation sites (tertiary alicyclic amines) is 1. The lowest BCUT2D eigenvalue weighted by molar-refractivity contribution is -0.138. The molecule has 0 radical (unpaired) electrons. The molecule has 1 aromatic rings. The number of halogens is 2. The second-order valence-electron chi connectivity index (χ2n) is 4.72. The van der Waals surface area contributed by atoms with E-state index in [1.165, 1.54) is 12.1 Å². The van der Waals surface area contributed by atoms with Gasteiger partial charge in [0.2, 0.25) is 0 Å². The predicted octanol–water partition coefficient (Wildman–Crippen LogP) is 2.88. The summed E-state index contributed by atoms with van der Waals surface area (Å²) in [5.74, 6) is -0.766. The van der Waals surface area contributed by atoms with E-state index in [1.54, 1.807) is 6.07 Å². The van der Waals surface area contributed by atoms with Gasteiger partial charge in [0.05, 0.1) is 0 Å². The van der Waals surface area contributed by atoms with Crippen molar-refractivity contribution in [3.63, 3.8) is 0 Å². The van der Waals surface area contributed by atoms with Crippen LogP contribution in [0.25, 0.3) is 0 Å². The van der Waals surface area contributed by atoms with Gasteiger partial charge in [0.15, 0.2) is 0 Å². The van der Waals surface area contributed by atoms with Gasteiger partial charge in [0.25, 0.3) is 0 Å². The second-order valence-corrected chi connectivity index (χ2v) is 5.58. The van der Waals surface area contributed by atoms with Crippen LogP contribution >= 0.6 is 15.9 Å². The molecule has 1 heterocycles. The SMILES string of the molecule is O=C(O)CC1CCN(Cc2cc(F)ccc2Br)C1. The molecule has 1 aromatic carbocycles. The lowest BCUT2D eigenvalue weighted by atomic mass is 10.1. The number of carboxylic acid groups (broad SMARTS) is 1. The molecule has 3 nitrogen and oxygen atoms in total.